The van der Waals surface area contributed by atoms with Gasteiger partial charge in [-0.3, -0.25) is 0 Å². The van der Waals surface area contributed by atoms with Crippen molar-refractivity contribution in [2.24, 2.45) is 0 Å². The van der Waals surface area contributed by atoms with Gasteiger partial charge in [-0.1, -0.05) is 30.3 Å². The number of likely N-dealkylation sites (tertiary alicyclic amines) is 1. The summed E-state index contributed by atoms with van der Waals surface area (Å²) in [5, 5.41) is 0. The number of hydrogen-bond acceptors (Lipinski definition) is 3. The minimum Gasteiger partial charge on any atom is -0.437 e. The van der Waals surface area contributed by atoms with Gasteiger partial charge in [-0.25, -0.2) is 9.59 Å². The molecule has 0 unspecified atom stereocenters. The Hall–Kier alpha value is -2.24. The highest BCUT2D eigenvalue weighted by Gasteiger charge is 2.54. The van der Waals surface area contributed by atoms with Crippen molar-refractivity contribution in [2.45, 2.75) is 12.1 Å². The van der Waals surface area contributed by atoms with E-state index in [0.29, 0.717) is 26.2 Å². The molecule has 2 fully saturated rings. The van der Waals surface area contributed by atoms with Crippen molar-refractivity contribution < 1.29 is 14.3 Å². The molecule has 0 aliphatic carbocycles. The van der Waals surface area contributed by atoms with E-state index >= 15 is 0 Å². The summed E-state index contributed by atoms with van der Waals surface area (Å²) >= 11 is 0. The summed E-state index contributed by atoms with van der Waals surface area (Å²) in [5.41, 5.74) is 0.602. The summed E-state index contributed by atoms with van der Waals surface area (Å²) in [6.45, 7) is 2.07. The van der Waals surface area contributed by atoms with Gasteiger partial charge in [0.05, 0.1) is 19.6 Å². The fourth-order valence-corrected chi connectivity index (χ4v) is 2.91. The number of urea groups is 1. The average Bonchev–Trinajstić information content (AvgIpc) is 2.73. The lowest BCUT2D eigenvalue weighted by Crippen LogP contribution is -2.66. The SMILES string of the molecule is CN1CC2(CN(C(=O)N(C)Cc3ccccc3)C2)OC1=O. The summed E-state index contributed by atoms with van der Waals surface area (Å²) in [5.74, 6) is 0. The van der Waals surface area contributed by atoms with Crippen molar-refractivity contribution in [2.75, 3.05) is 33.7 Å². The molecular weight excluding hydrogens is 270 g/mol. The van der Waals surface area contributed by atoms with Gasteiger partial charge in [-0.05, 0) is 5.56 Å². The number of amides is 3. The Morgan fingerprint density at radius 1 is 1.29 bits per heavy atom. The zero-order chi connectivity index (χ0) is 15.0. The van der Waals surface area contributed by atoms with Crippen LogP contribution in [0.1, 0.15) is 5.56 Å². The molecule has 6 heteroatoms. The van der Waals surface area contributed by atoms with E-state index in [0.717, 1.165) is 5.56 Å². The Bertz CT molecular complexity index is 555. The maximum atomic E-state index is 12.3. The maximum Gasteiger partial charge on any atom is 0.410 e. The largest absolute Gasteiger partial charge is 0.437 e. The molecule has 3 rings (SSSR count). The van der Waals surface area contributed by atoms with Gasteiger partial charge in [-0.2, -0.15) is 0 Å². The van der Waals surface area contributed by atoms with Crippen LogP contribution in [0.5, 0.6) is 0 Å². The van der Waals surface area contributed by atoms with Crippen LogP contribution in [0.15, 0.2) is 30.3 Å². The Kier molecular flexibility index (Phi) is 3.23. The van der Waals surface area contributed by atoms with Gasteiger partial charge in [0.2, 0.25) is 0 Å². The molecular formula is C15H19N3O3. The summed E-state index contributed by atoms with van der Waals surface area (Å²) in [6.07, 6.45) is -0.306. The lowest BCUT2D eigenvalue weighted by Gasteiger charge is -2.46. The van der Waals surface area contributed by atoms with Crippen molar-refractivity contribution in [3.05, 3.63) is 35.9 Å². The highest BCUT2D eigenvalue weighted by atomic mass is 16.6. The molecule has 2 heterocycles. The molecule has 112 valence electrons. The van der Waals surface area contributed by atoms with E-state index in [-0.39, 0.29) is 12.1 Å². The first-order chi connectivity index (χ1) is 9.99. The second kappa shape index (κ2) is 4.95. The van der Waals surface area contributed by atoms with Crippen LogP contribution in [-0.4, -0.2) is 66.2 Å². The number of carbonyl (C=O) groups is 2. The fraction of sp³-hybridized carbons (Fsp3) is 0.467. The smallest absolute Gasteiger partial charge is 0.410 e. The quantitative estimate of drug-likeness (QED) is 0.826. The molecule has 6 nitrogen and oxygen atoms in total. The van der Waals surface area contributed by atoms with Gasteiger partial charge in [0.1, 0.15) is 0 Å². The summed E-state index contributed by atoms with van der Waals surface area (Å²) in [4.78, 5) is 28.7. The highest BCUT2D eigenvalue weighted by molar-refractivity contribution is 5.77. The van der Waals surface area contributed by atoms with Crippen LogP contribution in [0, 0.1) is 0 Å². The molecule has 2 aliphatic heterocycles. The van der Waals surface area contributed by atoms with Gasteiger partial charge in [0.15, 0.2) is 5.60 Å². The van der Waals surface area contributed by atoms with Crippen LogP contribution in [0.4, 0.5) is 9.59 Å². The van der Waals surface area contributed by atoms with Crippen LogP contribution < -0.4 is 0 Å². The van der Waals surface area contributed by atoms with Crippen molar-refractivity contribution >= 4 is 12.1 Å². The first kappa shape index (κ1) is 13.7. The molecule has 2 aliphatic rings. The second-order valence-corrected chi connectivity index (χ2v) is 5.89. The van der Waals surface area contributed by atoms with Crippen LogP contribution in [-0.2, 0) is 11.3 Å². The molecule has 0 N–H and O–H groups in total. The minimum atomic E-state index is -0.491. The van der Waals surface area contributed by atoms with Crippen LogP contribution in [0.3, 0.4) is 0 Å². The summed E-state index contributed by atoms with van der Waals surface area (Å²) < 4.78 is 5.35. The molecule has 1 aromatic carbocycles. The highest BCUT2D eigenvalue weighted by Crippen LogP contribution is 2.32. The van der Waals surface area contributed by atoms with Crippen LogP contribution >= 0.6 is 0 Å². The van der Waals surface area contributed by atoms with Crippen molar-refractivity contribution in [3.8, 4) is 0 Å². The van der Waals surface area contributed by atoms with Crippen LogP contribution in [0.25, 0.3) is 0 Å². The number of ether oxygens (including phenoxy) is 1. The molecule has 0 aromatic heterocycles. The van der Waals surface area contributed by atoms with E-state index < -0.39 is 5.60 Å². The zero-order valence-electron chi connectivity index (χ0n) is 12.3. The first-order valence-electron chi connectivity index (χ1n) is 6.97. The number of carbonyl (C=O) groups excluding carboxylic acids is 2. The second-order valence-electron chi connectivity index (χ2n) is 5.89. The third-order valence-corrected chi connectivity index (χ3v) is 3.96. The lowest BCUT2D eigenvalue weighted by molar-refractivity contribution is -0.0567. The molecule has 1 spiro atoms. The minimum absolute atomic E-state index is 0.0323. The van der Waals surface area contributed by atoms with Crippen molar-refractivity contribution in [1.82, 2.24) is 14.7 Å². The molecule has 3 amide bonds. The lowest BCUT2D eigenvalue weighted by atomic mass is 9.94. The van der Waals surface area contributed by atoms with Gasteiger partial charge < -0.3 is 19.4 Å². The fourth-order valence-electron chi connectivity index (χ4n) is 2.91. The van der Waals surface area contributed by atoms with Crippen molar-refractivity contribution in [3.63, 3.8) is 0 Å². The molecule has 0 saturated carbocycles. The van der Waals surface area contributed by atoms with Gasteiger partial charge >= 0.3 is 12.1 Å². The molecule has 0 atom stereocenters. The maximum absolute atomic E-state index is 12.3. The normalized spacial score (nSPS) is 19.4. The molecule has 21 heavy (non-hydrogen) atoms. The van der Waals surface area contributed by atoms with Gasteiger partial charge in [0.25, 0.3) is 0 Å². The number of likely N-dealkylation sites (N-methyl/N-ethyl adjacent to an activating group) is 1. The van der Waals surface area contributed by atoms with E-state index in [2.05, 4.69) is 0 Å². The Balaban J connectivity index is 1.55. The Morgan fingerprint density at radius 3 is 2.52 bits per heavy atom. The van der Waals surface area contributed by atoms with E-state index in [1.807, 2.05) is 30.3 Å². The summed E-state index contributed by atoms with van der Waals surface area (Å²) in [6, 6.07) is 9.83. The molecule has 0 radical (unpaired) electrons. The third kappa shape index (κ3) is 2.53. The third-order valence-electron chi connectivity index (χ3n) is 3.96. The molecule has 2 saturated heterocycles. The Labute approximate surface area is 123 Å². The summed E-state index contributed by atoms with van der Waals surface area (Å²) in [7, 11) is 3.50. The number of rotatable bonds is 2. The average molecular weight is 289 g/mol. The van der Waals surface area contributed by atoms with Crippen molar-refractivity contribution in [1.29, 1.82) is 0 Å². The van der Waals surface area contributed by atoms with E-state index in [9.17, 15) is 9.59 Å². The van der Waals surface area contributed by atoms with E-state index in [1.165, 1.54) is 0 Å². The first-order valence-corrected chi connectivity index (χ1v) is 6.97. The number of nitrogens with zero attached hydrogens (tertiary/aromatic N) is 3. The van der Waals surface area contributed by atoms with Crippen LogP contribution in [0.2, 0.25) is 0 Å². The van der Waals surface area contributed by atoms with E-state index in [4.69, 9.17) is 4.74 Å². The van der Waals surface area contributed by atoms with Gasteiger partial charge in [0, 0.05) is 20.6 Å². The molecule has 1 aromatic rings. The standard InChI is InChI=1S/C15H19N3O3/c1-16(8-12-6-4-3-5-7-12)13(19)18-10-15(11-18)9-17(2)14(20)21-15/h3-7H,8-11H2,1-2H3. The Morgan fingerprint density at radius 2 is 1.95 bits per heavy atom. The monoisotopic (exact) mass is 289 g/mol. The zero-order valence-corrected chi connectivity index (χ0v) is 12.3. The topological polar surface area (TPSA) is 53.1 Å². The molecule has 0 bridgehead atoms. The van der Waals surface area contributed by atoms with E-state index in [1.54, 1.807) is 28.8 Å². The number of benzene rings is 1. The predicted octanol–water partition coefficient (Wildman–Crippen LogP) is 1.37. The predicted molar refractivity (Wildman–Crippen MR) is 76.7 cm³/mol. The number of hydrogen-bond donors (Lipinski definition) is 0. The van der Waals surface area contributed by atoms with Gasteiger partial charge in [-0.15, -0.1) is 0 Å².